The number of ether oxygens (including phenoxy) is 4. The second-order valence-corrected chi connectivity index (χ2v) is 7.21. The first-order valence-electron chi connectivity index (χ1n) is 10.8. The number of benzene rings is 3. The average molecular weight is 459 g/mol. The molecule has 0 atom stereocenters. The summed E-state index contributed by atoms with van der Waals surface area (Å²) in [6, 6.07) is 13.8. The molecule has 3 aromatic carbocycles. The maximum Gasteiger partial charge on any atom is 0.169 e. The van der Waals surface area contributed by atoms with E-state index in [2.05, 4.69) is 0 Å². The van der Waals surface area contributed by atoms with Crippen LogP contribution in [0.5, 0.6) is 23.0 Å². The second-order valence-electron chi connectivity index (χ2n) is 6.80. The molecule has 0 N–H and O–H groups in total. The minimum atomic E-state index is -0.368. The lowest BCUT2D eigenvalue weighted by atomic mass is 9.95. The minimum absolute atomic E-state index is 0.368. The van der Waals surface area contributed by atoms with Crippen LogP contribution in [0.1, 0.15) is 27.7 Å². The summed E-state index contributed by atoms with van der Waals surface area (Å²) in [6.45, 7) is 9.40. The molecule has 0 saturated heterocycles. The first-order valence-corrected chi connectivity index (χ1v) is 11.2. The molecule has 0 saturated carbocycles. The van der Waals surface area contributed by atoms with Gasteiger partial charge in [-0.25, -0.2) is 4.39 Å². The van der Waals surface area contributed by atoms with Crippen molar-refractivity contribution in [1.82, 2.24) is 0 Å². The Balaban J connectivity index is 2.32. The van der Waals surface area contributed by atoms with Gasteiger partial charge in [0.2, 0.25) is 0 Å². The molecule has 0 amide bonds. The molecule has 32 heavy (non-hydrogen) atoms. The molecular formula is C26H28ClFO4. The zero-order valence-corrected chi connectivity index (χ0v) is 19.6. The van der Waals surface area contributed by atoms with Gasteiger partial charge in [0.1, 0.15) is 17.3 Å². The summed E-state index contributed by atoms with van der Waals surface area (Å²) in [7, 11) is 0. The molecule has 0 bridgehead atoms. The quantitative estimate of drug-likeness (QED) is 0.317. The molecule has 0 aliphatic rings. The highest BCUT2D eigenvalue weighted by Crippen LogP contribution is 2.50. The third-order valence-corrected chi connectivity index (χ3v) is 5.08. The highest BCUT2D eigenvalue weighted by molar-refractivity contribution is 6.34. The fraction of sp³-hybridized carbons (Fsp3) is 0.308. The van der Waals surface area contributed by atoms with Gasteiger partial charge in [-0.1, -0.05) is 23.7 Å². The maximum absolute atomic E-state index is 13.9. The van der Waals surface area contributed by atoms with Crippen molar-refractivity contribution in [3.63, 3.8) is 0 Å². The van der Waals surface area contributed by atoms with E-state index in [-0.39, 0.29) is 5.82 Å². The standard InChI is InChI=1S/C26H28ClFO4/c1-5-29-22-11-9-10-20(25(22)31-7-3)24-21(27)15-14-19(26(24)32-8-4)18-13-12-17(28)16-23(18)30-6-2/h9-16H,5-8H2,1-4H3. The number of halogens is 2. The Kier molecular flexibility index (Phi) is 8.23. The topological polar surface area (TPSA) is 36.9 Å². The van der Waals surface area contributed by atoms with Gasteiger partial charge in [-0.2, -0.15) is 0 Å². The minimum Gasteiger partial charge on any atom is -0.493 e. The number of rotatable bonds is 10. The smallest absolute Gasteiger partial charge is 0.169 e. The van der Waals surface area contributed by atoms with Gasteiger partial charge in [-0.15, -0.1) is 0 Å². The Morgan fingerprint density at radius 2 is 1.28 bits per heavy atom. The van der Waals surface area contributed by atoms with Crippen LogP contribution in [-0.4, -0.2) is 26.4 Å². The Bertz CT molecular complexity index is 1070. The molecule has 0 unspecified atom stereocenters. The van der Waals surface area contributed by atoms with Gasteiger partial charge in [-0.05, 0) is 58.0 Å². The van der Waals surface area contributed by atoms with Crippen molar-refractivity contribution in [2.75, 3.05) is 26.4 Å². The van der Waals surface area contributed by atoms with Gasteiger partial charge < -0.3 is 18.9 Å². The van der Waals surface area contributed by atoms with Crippen molar-refractivity contribution < 1.29 is 23.3 Å². The predicted octanol–water partition coefficient (Wildman–Crippen LogP) is 7.41. The number of hydrogen-bond donors (Lipinski definition) is 0. The van der Waals surface area contributed by atoms with Crippen LogP contribution >= 0.6 is 11.6 Å². The molecule has 0 radical (unpaired) electrons. The fourth-order valence-electron chi connectivity index (χ4n) is 3.58. The first kappa shape index (κ1) is 23.7. The van der Waals surface area contributed by atoms with E-state index in [0.29, 0.717) is 65.6 Å². The highest BCUT2D eigenvalue weighted by Gasteiger charge is 2.23. The van der Waals surface area contributed by atoms with Crippen LogP contribution in [0.3, 0.4) is 0 Å². The lowest BCUT2D eigenvalue weighted by Gasteiger charge is -2.21. The van der Waals surface area contributed by atoms with E-state index in [1.807, 2.05) is 52.0 Å². The van der Waals surface area contributed by atoms with Crippen molar-refractivity contribution in [1.29, 1.82) is 0 Å². The van der Waals surface area contributed by atoms with E-state index < -0.39 is 0 Å². The molecule has 4 nitrogen and oxygen atoms in total. The van der Waals surface area contributed by atoms with Crippen molar-refractivity contribution in [3.8, 4) is 45.3 Å². The monoisotopic (exact) mass is 458 g/mol. The third-order valence-electron chi connectivity index (χ3n) is 4.77. The van der Waals surface area contributed by atoms with Gasteiger partial charge in [0, 0.05) is 28.3 Å². The van der Waals surface area contributed by atoms with Crippen LogP contribution in [0.2, 0.25) is 5.02 Å². The van der Waals surface area contributed by atoms with Crippen LogP contribution in [0.15, 0.2) is 48.5 Å². The SMILES string of the molecule is CCOc1cc(F)ccc1-c1ccc(Cl)c(-c2cccc(OCC)c2OCC)c1OCC. The second kappa shape index (κ2) is 11.1. The Hall–Kier alpha value is -2.92. The molecule has 0 aliphatic carbocycles. The number of hydrogen-bond acceptors (Lipinski definition) is 4. The van der Waals surface area contributed by atoms with E-state index in [9.17, 15) is 4.39 Å². The normalized spacial score (nSPS) is 10.7. The highest BCUT2D eigenvalue weighted by atomic mass is 35.5. The van der Waals surface area contributed by atoms with Crippen LogP contribution < -0.4 is 18.9 Å². The molecule has 170 valence electrons. The van der Waals surface area contributed by atoms with Crippen molar-refractivity contribution in [3.05, 3.63) is 59.4 Å². The maximum atomic E-state index is 13.9. The van der Waals surface area contributed by atoms with Crippen molar-refractivity contribution >= 4 is 11.6 Å². The predicted molar refractivity (Wildman–Crippen MR) is 127 cm³/mol. The zero-order valence-electron chi connectivity index (χ0n) is 18.8. The summed E-state index contributed by atoms with van der Waals surface area (Å²) in [6.07, 6.45) is 0. The molecular weight excluding hydrogens is 431 g/mol. The van der Waals surface area contributed by atoms with Gasteiger partial charge in [0.15, 0.2) is 11.5 Å². The first-order chi connectivity index (χ1) is 15.5. The van der Waals surface area contributed by atoms with Gasteiger partial charge in [0.25, 0.3) is 0 Å². The van der Waals surface area contributed by atoms with E-state index in [0.717, 1.165) is 11.1 Å². The van der Waals surface area contributed by atoms with E-state index in [1.165, 1.54) is 12.1 Å². The molecule has 0 spiro atoms. The van der Waals surface area contributed by atoms with Crippen molar-refractivity contribution in [2.24, 2.45) is 0 Å². The lowest BCUT2D eigenvalue weighted by molar-refractivity contribution is 0.288. The molecule has 0 aromatic heterocycles. The average Bonchev–Trinajstić information content (AvgIpc) is 2.77. The van der Waals surface area contributed by atoms with Crippen LogP contribution in [-0.2, 0) is 0 Å². The van der Waals surface area contributed by atoms with Gasteiger partial charge in [0.05, 0.1) is 31.5 Å². The summed E-state index contributed by atoms with van der Waals surface area (Å²) in [4.78, 5) is 0. The van der Waals surface area contributed by atoms with Crippen LogP contribution in [0, 0.1) is 5.82 Å². The molecule has 3 rings (SSSR count). The van der Waals surface area contributed by atoms with Gasteiger partial charge >= 0.3 is 0 Å². The summed E-state index contributed by atoms with van der Waals surface area (Å²) in [5, 5.41) is 0.506. The molecule has 3 aromatic rings. The Morgan fingerprint density at radius 1 is 0.656 bits per heavy atom. The van der Waals surface area contributed by atoms with E-state index in [4.69, 9.17) is 30.5 Å². The van der Waals surface area contributed by atoms with Crippen LogP contribution in [0.4, 0.5) is 4.39 Å². The molecule has 6 heteroatoms. The molecule has 0 heterocycles. The Labute approximate surface area is 193 Å². The van der Waals surface area contributed by atoms with Gasteiger partial charge in [-0.3, -0.25) is 0 Å². The summed E-state index contributed by atoms with van der Waals surface area (Å²) < 4.78 is 37.6. The fourth-order valence-corrected chi connectivity index (χ4v) is 3.84. The van der Waals surface area contributed by atoms with E-state index >= 15 is 0 Å². The lowest BCUT2D eigenvalue weighted by Crippen LogP contribution is -2.03. The Morgan fingerprint density at radius 3 is 1.97 bits per heavy atom. The summed E-state index contributed by atoms with van der Waals surface area (Å²) in [5.74, 6) is 1.87. The molecule has 0 fully saturated rings. The van der Waals surface area contributed by atoms with Crippen molar-refractivity contribution in [2.45, 2.75) is 27.7 Å². The zero-order chi connectivity index (χ0) is 23.1. The summed E-state index contributed by atoms with van der Waals surface area (Å²) >= 11 is 6.72. The van der Waals surface area contributed by atoms with E-state index in [1.54, 1.807) is 12.1 Å². The molecule has 0 aliphatic heterocycles. The third kappa shape index (κ3) is 4.94. The number of para-hydroxylation sites is 1. The largest absolute Gasteiger partial charge is 0.493 e. The van der Waals surface area contributed by atoms with Crippen LogP contribution in [0.25, 0.3) is 22.3 Å². The summed E-state index contributed by atoms with van der Waals surface area (Å²) in [5.41, 5.74) is 2.91.